The van der Waals surface area contributed by atoms with Gasteiger partial charge in [0.1, 0.15) is 0 Å². The van der Waals surface area contributed by atoms with Gasteiger partial charge in [-0.05, 0) is 41.1 Å². The highest BCUT2D eigenvalue weighted by atomic mass is 32.2. The fourth-order valence-electron chi connectivity index (χ4n) is 1.69. The van der Waals surface area contributed by atoms with E-state index in [4.69, 9.17) is 0 Å². The summed E-state index contributed by atoms with van der Waals surface area (Å²) in [5, 5.41) is 10.5. The molecule has 2 rings (SSSR count). The maximum absolute atomic E-state index is 12.9. The fourth-order valence-corrected chi connectivity index (χ4v) is 2.04. The third kappa shape index (κ3) is 4.01. The molecule has 0 aliphatic heterocycles. The number of hydrogen-bond donors (Lipinski definition) is 0. The van der Waals surface area contributed by atoms with Gasteiger partial charge in [0.25, 0.3) is 10.1 Å². The molecule has 0 saturated carbocycles. The number of aromatic nitrogens is 4. The van der Waals surface area contributed by atoms with Crippen molar-refractivity contribution in [1.29, 1.82) is 0 Å². The number of alkyl halides is 3. The van der Waals surface area contributed by atoms with Crippen LogP contribution >= 0.6 is 0 Å². The lowest BCUT2D eigenvalue weighted by Crippen LogP contribution is -2.10. The van der Waals surface area contributed by atoms with E-state index < -0.39 is 28.5 Å². The van der Waals surface area contributed by atoms with Crippen molar-refractivity contribution >= 4 is 10.1 Å². The van der Waals surface area contributed by atoms with Crippen LogP contribution in [0.3, 0.4) is 0 Å². The number of halogens is 3. The molecule has 120 valence electrons. The maximum Gasteiger partial charge on any atom is 0.416 e. The van der Waals surface area contributed by atoms with E-state index in [9.17, 15) is 21.6 Å². The number of tetrazole rings is 1. The molecule has 1 aromatic carbocycles. The summed E-state index contributed by atoms with van der Waals surface area (Å²) in [6.07, 6.45) is -3.79. The molecule has 0 radical (unpaired) electrons. The third-order valence-electron chi connectivity index (χ3n) is 2.61. The first-order valence-electron chi connectivity index (χ1n) is 5.87. The molecule has 0 aliphatic carbocycles. The van der Waals surface area contributed by atoms with Crippen molar-refractivity contribution in [3.63, 3.8) is 0 Å². The predicted octanol–water partition coefficient (Wildman–Crippen LogP) is 1.47. The fraction of sp³-hybridized carbons (Fsp3) is 0.364. The highest BCUT2D eigenvalue weighted by molar-refractivity contribution is 7.85. The minimum Gasteiger partial charge on any atom is -0.265 e. The van der Waals surface area contributed by atoms with E-state index >= 15 is 0 Å². The molecule has 0 saturated heterocycles. The Kier molecular flexibility index (Phi) is 4.20. The number of benzene rings is 1. The van der Waals surface area contributed by atoms with Gasteiger partial charge >= 0.3 is 6.18 Å². The van der Waals surface area contributed by atoms with Crippen molar-refractivity contribution in [3.8, 4) is 5.69 Å². The zero-order valence-electron chi connectivity index (χ0n) is 11.5. The van der Waals surface area contributed by atoms with E-state index in [1.807, 2.05) is 0 Å². The average Bonchev–Trinajstić information content (AvgIpc) is 2.80. The zero-order valence-corrected chi connectivity index (χ0v) is 12.3. The molecule has 1 heterocycles. The molecule has 0 N–H and O–H groups in total. The summed E-state index contributed by atoms with van der Waals surface area (Å²) in [7, 11) is -3.77. The zero-order chi connectivity index (χ0) is 16.5. The van der Waals surface area contributed by atoms with Gasteiger partial charge in [0.2, 0.25) is 0 Å². The Bertz CT molecular complexity index is 786. The lowest BCUT2D eigenvalue weighted by atomic mass is 10.1. The largest absolute Gasteiger partial charge is 0.416 e. The smallest absolute Gasteiger partial charge is 0.265 e. The summed E-state index contributed by atoms with van der Waals surface area (Å²) in [4.78, 5) is 0. The van der Waals surface area contributed by atoms with Gasteiger partial charge in [-0.15, -0.1) is 5.10 Å². The first-order valence-corrected chi connectivity index (χ1v) is 7.69. The summed E-state index contributed by atoms with van der Waals surface area (Å²) < 4.78 is 66.4. The van der Waals surface area contributed by atoms with Gasteiger partial charge in [-0.2, -0.15) is 26.3 Å². The number of nitrogens with zero attached hydrogens (tertiary/aromatic N) is 4. The van der Waals surface area contributed by atoms with Crippen LogP contribution in [0.15, 0.2) is 18.2 Å². The van der Waals surface area contributed by atoms with E-state index in [2.05, 4.69) is 19.7 Å². The third-order valence-corrected chi connectivity index (χ3v) is 3.16. The van der Waals surface area contributed by atoms with Crippen molar-refractivity contribution < 1.29 is 25.8 Å². The normalized spacial score (nSPS) is 12.6. The molecule has 2 aromatic rings. The van der Waals surface area contributed by atoms with Gasteiger partial charge in [0, 0.05) is 0 Å². The predicted molar refractivity (Wildman–Crippen MR) is 68.5 cm³/mol. The summed E-state index contributed by atoms with van der Waals surface area (Å²) >= 11 is 0. The lowest BCUT2D eigenvalue weighted by molar-refractivity contribution is -0.137. The molecule has 1 aromatic heterocycles. The van der Waals surface area contributed by atoms with Gasteiger partial charge in [-0.1, -0.05) is 0 Å². The Labute approximate surface area is 123 Å². The minimum atomic E-state index is -4.60. The van der Waals surface area contributed by atoms with Crippen molar-refractivity contribution in [3.05, 3.63) is 35.2 Å². The van der Waals surface area contributed by atoms with E-state index in [0.717, 1.165) is 23.1 Å². The summed E-state index contributed by atoms with van der Waals surface area (Å²) in [5.74, 6) is 0.286. The Morgan fingerprint density at radius 2 is 1.95 bits per heavy atom. The second-order valence-electron chi connectivity index (χ2n) is 4.49. The molecule has 0 bridgehead atoms. The van der Waals surface area contributed by atoms with Crippen molar-refractivity contribution in [2.45, 2.75) is 19.7 Å². The van der Waals surface area contributed by atoms with E-state index in [1.165, 1.54) is 13.0 Å². The molecule has 22 heavy (non-hydrogen) atoms. The molecule has 0 spiro atoms. The van der Waals surface area contributed by atoms with Gasteiger partial charge in [-0.3, -0.25) is 4.18 Å². The summed E-state index contributed by atoms with van der Waals surface area (Å²) in [6, 6.07) is 3.01. The van der Waals surface area contributed by atoms with Crippen LogP contribution in [0.25, 0.3) is 5.69 Å². The molecule has 7 nitrogen and oxygen atoms in total. The lowest BCUT2D eigenvalue weighted by Gasteiger charge is -2.12. The molecule has 11 heteroatoms. The molecular weight excluding hydrogens is 325 g/mol. The Morgan fingerprint density at radius 1 is 1.27 bits per heavy atom. The van der Waals surface area contributed by atoms with Crippen LogP contribution in [-0.2, 0) is 27.1 Å². The van der Waals surface area contributed by atoms with Crippen LogP contribution in [-0.4, -0.2) is 34.9 Å². The van der Waals surface area contributed by atoms with Gasteiger partial charge in [0.05, 0.1) is 24.1 Å². The standard InChI is InChI=1S/C11H11F3N4O3S/c1-7-15-16-17-18(7)10-4-8(6-21-22(2,19)20)3-9(5-10)11(12,13)14/h3-5H,6H2,1-2H3. The molecule has 0 unspecified atom stereocenters. The Morgan fingerprint density at radius 3 is 2.45 bits per heavy atom. The number of hydrogen-bond acceptors (Lipinski definition) is 6. The van der Waals surface area contributed by atoms with E-state index in [1.54, 1.807) is 0 Å². The second-order valence-corrected chi connectivity index (χ2v) is 6.13. The Hall–Kier alpha value is -2.01. The maximum atomic E-state index is 12.9. The quantitative estimate of drug-likeness (QED) is 0.786. The van der Waals surface area contributed by atoms with E-state index in [0.29, 0.717) is 0 Å². The first kappa shape index (κ1) is 16.4. The van der Waals surface area contributed by atoms with Crippen molar-refractivity contribution in [2.75, 3.05) is 6.26 Å². The minimum absolute atomic E-state index is 0.0325. The topological polar surface area (TPSA) is 87.0 Å². The molecule has 0 atom stereocenters. The highest BCUT2D eigenvalue weighted by Crippen LogP contribution is 2.31. The van der Waals surface area contributed by atoms with E-state index in [-0.39, 0.29) is 17.1 Å². The van der Waals surface area contributed by atoms with Crippen LogP contribution in [0.4, 0.5) is 13.2 Å². The van der Waals surface area contributed by atoms with Crippen molar-refractivity contribution in [2.24, 2.45) is 0 Å². The number of rotatable bonds is 4. The average molecular weight is 336 g/mol. The summed E-state index contributed by atoms with van der Waals surface area (Å²) in [5.41, 5.74) is -0.860. The molecular formula is C11H11F3N4O3S. The highest BCUT2D eigenvalue weighted by Gasteiger charge is 2.31. The monoisotopic (exact) mass is 336 g/mol. The van der Waals surface area contributed by atoms with Crippen LogP contribution in [0.2, 0.25) is 0 Å². The van der Waals surface area contributed by atoms with Gasteiger partial charge in [-0.25, -0.2) is 0 Å². The number of aryl methyl sites for hydroxylation is 1. The molecule has 0 aliphatic rings. The van der Waals surface area contributed by atoms with Crippen LogP contribution in [0.5, 0.6) is 0 Å². The summed E-state index contributed by atoms with van der Waals surface area (Å²) in [6.45, 7) is 1.00. The SMILES string of the molecule is Cc1nnnn1-c1cc(COS(C)(=O)=O)cc(C(F)(F)F)c1. The van der Waals surface area contributed by atoms with Crippen LogP contribution < -0.4 is 0 Å². The first-order chi connectivity index (χ1) is 10.1. The molecule has 0 amide bonds. The van der Waals surface area contributed by atoms with Crippen molar-refractivity contribution in [1.82, 2.24) is 20.2 Å². The van der Waals surface area contributed by atoms with Gasteiger partial charge < -0.3 is 0 Å². The molecule has 0 fully saturated rings. The van der Waals surface area contributed by atoms with Crippen LogP contribution in [0, 0.1) is 6.92 Å². The Balaban J connectivity index is 2.48. The van der Waals surface area contributed by atoms with Gasteiger partial charge in [0.15, 0.2) is 5.82 Å². The second kappa shape index (κ2) is 5.65. The van der Waals surface area contributed by atoms with Crippen LogP contribution in [0.1, 0.15) is 17.0 Å².